The van der Waals surface area contributed by atoms with Crippen molar-refractivity contribution >= 4 is 17.5 Å². The zero-order valence-corrected chi connectivity index (χ0v) is 17.1. The van der Waals surface area contributed by atoms with Crippen molar-refractivity contribution in [2.75, 3.05) is 11.9 Å². The summed E-state index contributed by atoms with van der Waals surface area (Å²) in [7, 11) is 0. The second kappa shape index (κ2) is 9.04. The van der Waals surface area contributed by atoms with Crippen LogP contribution in [0.4, 0.5) is 5.69 Å². The Bertz CT molecular complexity index is 870. The van der Waals surface area contributed by atoms with Crippen LogP contribution >= 0.6 is 0 Å². The van der Waals surface area contributed by atoms with Crippen LogP contribution in [0.25, 0.3) is 0 Å². The quantitative estimate of drug-likeness (QED) is 0.714. The summed E-state index contributed by atoms with van der Waals surface area (Å²) in [6.45, 7) is 7.50. The number of hydrogen-bond acceptors (Lipinski definition) is 3. The van der Waals surface area contributed by atoms with Gasteiger partial charge in [0.05, 0.1) is 5.69 Å². The number of benzene rings is 1. The molecule has 0 saturated carbocycles. The van der Waals surface area contributed by atoms with Crippen molar-refractivity contribution < 1.29 is 9.59 Å². The Hall–Kier alpha value is -2.63. The maximum absolute atomic E-state index is 13.1. The molecular weight excluding hydrogens is 352 g/mol. The number of carbonyl (C=O) groups excluding carboxylic acids is 2. The van der Waals surface area contributed by atoms with Gasteiger partial charge in [-0.3, -0.25) is 9.59 Å². The van der Waals surface area contributed by atoms with E-state index >= 15 is 0 Å². The Morgan fingerprint density at radius 3 is 2.75 bits per heavy atom. The van der Waals surface area contributed by atoms with Crippen LogP contribution in [-0.4, -0.2) is 27.9 Å². The molecule has 1 aromatic carbocycles. The minimum Gasteiger partial charge on any atom is -0.351 e. The SMILES string of the molecule is CCCCNC(=O)c1nc(C(=O)Nc2c(C)cccc2CC)n2c1CCCC2. The van der Waals surface area contributed by atoms with Crippen molar-refractivity contribution in [3.05, 3.63) is 46.5 Å². The number of para-hydroxylation sites is 1. The fourth-order valence-corrected chi connectivity index (χ4v) is 3.73. The van der Waals surface area contributed by atoms with E-state index < -0.39 is 0 Å². The topological polar surface area (TPSA) is 76.0 Å². The van der Waals surface area contributed by atoms with E-state index in [-0.39, 0.29) is 11.8 Å². The van der Waals surface area contributed by atoms with Crippen LogP contribution in [0, 0.1) is 6.92 Å². The van der Waals surface area contributed by atoms with Gasteiger partial charge in [0.25, 0.3) is 11.8 Å². The highest BCUT2D eigenvalue weighted by atomic mass is 16.2. The number of carbonyl (C=O) groups is 2. The second-order valence-corrected chi connectivity index (χ2v) is 7.37. The summed E-state index contributed by atoms with van der Waals surface area (Å²) < 4.78 is 1.93. The highest BCUT2D eigenvalue weighted by Crippen LogP contribution is 2.24. The van der Waals surface area contributed by atoms with Gasteiger partial charge in [0, 0.05) is 18.8 Å². The third-order valence-electron chi connectivity index (χ3n) is 5.33. The molecule has 3 rings (SSSR count). The number of aryl methyl sites for hydroxylation is 2. The molecule has 0 saturated heterocycles. The summed E-state index contributed by atoms with van der Waals surface area (Å²) in [5.74, 6) is -0.0938. The number of anilines is 1. The molecule has 0 unspecified atom stereocenters. The number of nitrogens with zero attached hydrogens (tertiary/aromatic N) is 2. The number of amides is 2. The van der Waals surface area contributed by atoms with Gasteiger partial charge < -0.3 is 15.2 Å². The molecule has 2 aromatic rings. The van der Waals surface area contributed by atoms with E-state index in [4.69, 9.17) is 0 Å². The molecule has 1 aliphatic rings. The lowest BCUT2D eigenvalue weighted by molar-refractivity contribution is 0.0947. The molecule has 0 radical (unpaired) electrons. The summed E-state index contributed by atoms with van der Waals surface area (Å²) in [5, 5.41) is 5.98. The van der Waals surface area contributed by atoms with E-state index in [1.54, 1.807) is 0 Å². The van der Waals surface area contributed by atoms with Crippen molar-refractivity contribution in [2.24, 2.45) is 0 Å². The number of fused-ring (bicyclic) bond motifs is 1. The zero-order valence-electron chi connectivity index (χ0n) is 17.1. The number of unbranched alkanes of at least 4 members (excludes halogenated alkanes) is 1. The van der Waals surface area contributed by atoms with Crippen LogP contribution in [0.5, 0.6) is 0 Å². The van der Waals surface area contributed by atoms with E-state index in [1.807, 2.05) is 29.7 Å². The predicted octanol–water partition coefficient (Wildman–Crippen LogP) is 3.87. The average molecular weight is 383 g/mol. The number of hydrogen-bond donors (Lipinski definition) is 2. The molecule has 28 heavy (non-hydrogen) atoms. The van der Waals surface area contributed by atoms with Crippen LogP contribution in [0.2, 0.25) is 0 Å². The standard InChI is InChI=1S/C22H30N4O2/c1-4-6-13-23-21(27)19-17-12-7-8-14-26(17)20(24-19)22(28)25-18-15(3)10-9-11-16(18)5-2/h9-11H,4-8,12-14H2,1-3H3,(H,23,27)(H,25,28). The van der Waals surface area contributed by atoms with E-state index in [0.717, 1.165) is 67.6 Å². The lowest BCUT2D eigenvalue weighted by Gasteiger charge is -2.18. The van der Waals surface area contributed by atoms with Gasteiger partial charge in [0.15, 0.2) is 5.82 Å². The van der Waals surface area contributed by atoms with Gasteiger partial charge in [-0.15, -0.1) is 0 Å². The average Bonchev–Trinajstić information content (AvgIpc) is 3.09. The molecule has 1 aliphatic heterocycles. The maximum atomic E-state index is 13.1. The third-order valence-corrected chi connectivity index (χ3v) is 5.33. The Morgan fingerprint density at radius 2 is 2.00 bits per heavy atom. The molecule has 6 heteroatoms. The molecule has 0 atom stereocenters. The minimum absolute atomic E-state index is 0.178. The Kier molecular flexibility index (Phi) is 6.49. The minimum atomic E-state index is -0.250. The molecule has 2 amide bonds. The van der Waals surface area contributed by atoms with Gasteiger partial charge in [-0.2, -0.15) is 0 Å². The number of imidazole rings is 1. The third kappa shape index (κ3) is 4.11. The molecule has 0 spiro atoms. The highest BCUT2D eigenvalue weighted by Gasteiger charge is 2.27. The zero-order chi connectivity index (χ0) is 20.1. The summed E-state index contributed by atoms with van der Waals surface area (Å²) in [6.07, 6.45) is 5.57. The van der Waals surface area contributed by atoms with Crippen molar-refractivity contribution in [1.29, 1.82) is 0 Å². The Balaban J connectivity index is 1.90. The lowest BCUT2D eigenvalue weighted by Crippen LogP contribution is -2.26. The van der Waals surface area contributed by atoms with E-state index in [1.165, 1.54) is 0 Å². The molecule has 1 aromatic heterocycles. The van der Waals surface area contributed by atoms with Gasteiger partial charge in [-0.1, -0.05) is 38.5 Å². The first-order valence-electron chi connectivity index (χ1n) is 10.3. The highest BCUT2D eigenvalue weighted by molar-refractivity contribution is 6.04. The molecule has 150 valence electrons. The Morgan fingerprint density at radius 1 is 1.18 bits per heavy atom. The van der Waals surface area contributed by atoms with Gasteiger partial charge in [-0.25, -0.2) is 4.98 Å². The van der Waals surface area contributed by atoms with Crippen LogP contribution in [0.3, 0.4) is 0 Å². The fourth-order valence-electron chi connectivity index (χ4n) is 3.73. The fraction of sp³-hybridized carbons (Fsp3) is 0.500. The molecule has 6 nitrogen and oxygen atoms in total. The maximum Gasteiger partial charge on any atom is 0.291 e. The van der Waals surface area contributed by atoms with Crippen molar-refractivity contribution in [3.8, 4) is 0 Å². The van der Waals surface area contributed by atoms with Gasteiger partial charge in [-0.05, 0) is 50.2 Å². The smallest absolute Gasteiger partial charge is 0.291 e. The summed E-state index contributed by atoms with van der Waals surface area (Å²) in [6, 6.07) is 6.01. The first-order valence-corrected chi connectivity index (χ1v) is 10.3. The van der Waals surface area contributed by atoms with Crippen LogP contribution in [0.15, 0.2) is 18.2 Å². The van der Waals surface area contributed by atoms with Crippen LogP contribution in [-0.2, 0) is 19.4 Å². The summed E-state index contributed by atoms with van der Waals surface area (Å²) >= 11 is 0. The van der Waals surface area contributed by atoms with Crippen LogP contribution < -0.4 is 10.6 Å². The Labute approximate surface area is 166 Å². The number of aromatic nitrogens is 2. The van der Waals surface area contributed by atoms with Crippen molar-refractivity contribution in [1.82, 2.24) is 14.9 Å². The second-order valence-electron chi connectivity index (χ2n) is 7.37. The molecule has 2 N–H and O–H groups in total. The van der Waals surface area contributed by atoms with Crippen LogP contribution in [0.1, 0.15) is 77.5 Å². The van der Waals surface area contributed by atoms with Crippen molar-refractivity contribution in [3.63, 3.8) is 0 Å². The molecule has 0 bridgehead atoms. The molecule has 2 heterocycles. The van der Waals surface area contributed by atoms with Crippen molar-refractivity contribution in [2.45, 2.75) is 65.8 Å². The molecule has 0 aliphatic carbocycles. The lowest BCUT2D eigenvalue weighted by atomic mass is 10.1. The number of nitrogens with one attached hydrogen (secondary N) is 2. The van der Waals surface area contributed by atoms with Gasteiger partial charge in [0.2, 0.25) is 0 Å². The summed E-state index contributed by atoms with van der Waals surface area (Å²) in [4.78, 5) is 30.2. The largest absolute Gasteiger partial charge is 0.351 e. The van der Waals surface area contributed by atoms with E-state index in [0.29, 0.717) is 18.1 Å². The van der Waals surface area contributed by atoms with E-state index in [2.05, 4.69) is 29.5 Å². The summed E-state index contributed by atoms with van der Waals surface area (Å²) in [5.41, 5.74) is 4.25. The molecular formula is C22H30N4O2. The first-order chi connectivity index (χ1) is 13.6. The normalized spacial score (nSPS) is 13.1. The molecule has 0 fully saturated rings. The number of rotatable bonds is 7. The van der Waals surface area contributed by atoms with Gasteiger partial charge in [0.1, 0.15) is 5.69 Å². The van der Waals surface area contributed by atoms with E-state index in [9.17, 15) is 9.59 Å². The van der Waals surface area contributed by atoms with Gasteiger partial charge >= 0.3 is 0 Å². The predicted molar refractivity (Wildman–Crippen MR) is 111 cm³/mol. The monoisotopic (exact) mass is 382 g/mol. The first kappa shape index (κ1) is 20.1.